The predicted octanol–water partition coefficient (Wildman–Crippen LogP) is 1.98. The Balaban J connectivity index is 2.02. The summed E-state index contributed by atoms with van der Waals surface area (Å²) in [6.45, 7) is 1.77. The van der Waals surface area contributed by atoms with Crippen molar-refractivity contribution in [3.8, 4) is 5.75 Å². The van der Waals surface area contributed by atoms with Gasteiger partial charge in [-0.2, -0.15) is 0 Å². The van der Waals surface area contributed by atoms with Crippen molar-refractivity contribution in [3.05, 3.63) is 24.3 Å². The molecule has 6 heteroatoms. The number of carbonyl (C=O) groups is 1. The van der Waals surface area contributed by atoms with Gasteiger partial charge in [-0.25, -0.2) is 4.79 Å². The maximum absolute atomic E-state index is 12.0. The summed E-state index contributed by atoms with van der Waals surface area (Å²) in [5, 5.41) is 2.85. The quantitative estimate of drug-likeness (QED) is 0.827. The summed E-state index contributed by atoms with van der Waals surface area (Å²) < 4.78 is 5.46. The molecule has 0 spiro atoms. The molecule has 0 unspecified atom stereocenters. The number of rotatable bonds is 4. The molecule has 1 saturated heterocycles. The number of benzene rings is 1. The zero-order valence-corrected chi connectivity index (χ0v) is 11.4. The summed E-state index contributed by atoms with van der Waals surface area (Å²) in [4.78, 5) is 14.1. The second-order valence-electron chi connectivity index (χ2n) is 4.38. The molecular weight excluding hydrogens is 262 g/mol. The van der Waals surface area contributed by atoms with Crippen LogP contribution in [0.5, 0.6) is 5.75 Å². The van der Waals surface area contributed by atoms with Gasteiger partial charge < -0.3 is 20.7 Å². The Bertz CT molecular complexity index is 473. The van der Waals surface area contributed by atoms with Crippen LogP contribution in [0.4, 0.5) is 10.5 Å². The number of nitrogens with zero attached hydrogens (tertiary/aromatic N) is 1. The number of nitrogens with one attached hydrogen (secondary N) is 1. The lowest BCUT2D eigenvalue weighted by molar-refractivity contribution is 0.222. The Labute approximate surface area is 117 Å². The van der Waals surface area contributed by atoms with Gasteiger partial charge in [-0.1, -0.05) is 24.4 Å². The Kier molecular flexibility index (Phi) is 4.57. The maximum Gasteiger partial charge on any atom is 0.321 e. The molecule has 19 heavy (non-hydrogen) atoms. The standard InChI is InChI=1S/C13H17N3O2S/c14-12(19)9-18-11-6-2-1-5-10(11)15-13(17)16-7-3-4-8-16/h1-2,5-6H,3-4,7-9H2,(H2,14,19)(H,15,17). The van der Waals surface area contributed by atoms with E-state index in [-0.39, 0.29) is 17.6 Å². The van der Waals surface area contributed by atoms with Gasteiger partial charge in [-0.05, 0) is 25.0 Å². The van der Waals surface area contributed by atoms with Gasteiger partial charge in [-0.15, -0.1) is 0 Å². The fourth-order valence-corrected chi connectivity index (χ4v) is 2.02. The number of ether oxygens (including phenoxy) is 1. The average molecular weight is 279 g/mol. The third kappa shape index (κ3) is 3.82. The Morgan fingerprint density at radius 1 is 1.37 bits per heavy atom. The third-order valence-corrected chi connectivity index (χ3v) is 3.01. The fraction of sp³-hybridized carbons (Fsp3) is 0.385. The van der Waals surface area contributed by atoms with Crippen molar-refractivity contribution >= 4 is 28.9 Å². The second kappa shape index (κ2) is 6.38. The normalized spacial score (nSPS) is 14.2. The Hall–Kier alpha value is -1.82. The van der Waals surface area contributed by atoms with Crippen LogP contribution in [0.2, 0.25) is 0 Å². The van der Waals surface area contributed by atoms with Gasteiger partial charge in [0.2, 0.25) is 0 Å². The molecule has 1 heterocycles. The minimum Gasteiger partial charge on any atom is -0.484 e. The smallest absolute Gasteiger partial charge is 0.321 e. The molecule has 1 fully saturated rings. The molecule has 5 nitrogen and oxygen atoms in total. The van der Waals surface area contributed by atoms with Crippen molar-refractivity contribution < 1.29 is 9.53 Å². The van der Waals surface area contributed by atoms with Crippen LogP contribution in [-0.2, 0) is 0 Å². The fourth-order valence-electron chi connectivity index (χ4n) is 1.96. The topological polar surface area (TPSA) is 67.6 Å². The van der Waals surface area contributed by atoms with Crippen LogP contribution in [0, 0.1) is 0 Å². The second-order valence-corrected chi connectivity index (χ2v) is 4.90. The summed E-state index contributed by atoms with van der Waals surface area (Å²) in [7, 11) is 0. The van der Waals surface area contributed by atoms with E-state index in [0.717, 1.165) is 25.9 Å². The summed E-state index contributed by atoms with van der Waals surface area (Å²) in [5.74, 6) is 0.572. The lowest BCUT2D eigenvalue weighted by atomic mass is 10.3. The van der Waals surface area contributed by atoms with Gasteiger partial charge in [0.05, 0.1) is 5.69 Å². The summed E-state index contributed by atoms with van der Waals surface area (Å²) in [6.07, 6.45) is 2.13. The van der Waals surface area contributed by atoms with E-state index in [9.17, 15) is 4.79 Å². The molecule has 0 bridgehead atoms. The zero-order chi connectivity index (χ0) is 13.7. The van der Waals surface area contributed by atoms with E-state index in [1.165, 1.54) is 0 Å². The van der Waals surface area contributed by atoms with Crippen molar-refractivity contribution in [2.45, 2.75) is 12.8 Å². The van der Waals surface area contributed by atoms with Crippen molar-refractivity contribution in [2.75, 3.05) is 25.0 Å². The molecule has 3 N–H and O–H groups in total. The van der Waals surface area contributed by atoms with Gasteiger partial charge in [-0.3, -0.25) is 0 Å². The molecule has 1 aromatic carbocycles. The largest absolute Gasteiger partial charge is 0.484 e. The average Bonchev–Trinajstić information content (AvgIpc) is 2.91. The highest BCUT2D eigenvalue weighted by Gasteiger charge is 2.18. The summed E-state index contributed by atoms with van der Waals surface area (Å²) in [5.41, 5.74) is 6.04. The molecular formula is C13H17N3O2S. The maximum atomic E-state index is 12.0. The summed E-state index contributed by atoms with van der Waals surface area (Å²) >= 11 is 4.77. The molecule has 0 atom stereocenters. The summed E-state index contributed by atoms with van der Waals surface area (Å²) in [6, 6.07) is 7.15. The molecule has 1 aromatic rings. The van der Waals surface area contributed by atoms with Crippen LogP contribution in [-0.4, -0.2) is 35.6 Å². The number of urea groups is 1. The molecule has 0 radical (unpaired) electrons. The highest BCUT2D eigenvalue weighted by molar-refractivity contribution is 7.80. The molecule has 102 valence electrons. The van der Waals surface area contributed by atoms with Crippen molar-refractivity contribution in [2.24, 2.45) is 5.73 Å². The zero-order valence-electron chi connectivity index (χ0n) is 10.6. The first-order valence-corrected chi connectivity index (χ1v) is 6.63. The first-order valence-electron chi connectivity index (χ1n) is 6.23. The number of hydrogen-bond donors (Lipinski definition) is 2. The minimum absolute atomic E-state index is 0.0936. The predicted molar refractivity (Wildman–Crippen MR) is 78.5 cm³/mol. The van der Waals surface area contributed by atoms with Crippen LogP contribution >= 0.6 is 12.2 Å². The van der Waals surface area contributed by atoms with E-state index >= 15 is 0 Å². The molecule has 2 amide bonds. The van der Waals surface area contributed by atoms with Gasteiger partial charge >= 0.3 is 6.03 Å². The van der Waals surface area contributed by atoms with Crippen molar-refractivity contribution in [1.82, 2.24) is 4.90 Å². The monoisotopic (exact) mass is 279 g/mol. The molecule has 0 aliphatic carbocycles. The number of hydrogen-bond acceptors (Lipinski definition) is 3. The first kappa shape index (κ1) is 13.6. The van der Waals surface area contributed by atoms with E-state index in [1.54, 1.807) is 17.0 Å². The number of anilines is 1. The van der Waals surface area contributed by atoms with E-state index in [4.69, 9.17) is 22.7 Å². The number of amides is 2. The van der Waals surface area contributed by atoms with Gasteiger partial charge in [0.1, 0.15) is 17.3 Å². The number of likely N-dealkylation sites (tertiary alicyclic amines) is 1. The lowest BCUT2D eigenvalue weighted by Gasteiger charge is -2.18. The van der Waals surface area contributed by atoms with Gasteiger partial charge in [0.25, 0.3) is 0 Å². The Morgan fingerprint density at radius 3 is 2.74 bits per heavy atom. The van der Waals surface area contributed by atoms with E-state index in [2.05, 4.69) is 5.32 Å². The molecule has 0 saturated carbocycles. The molecule has 2 rings (SSSR count). The van der Waals surface area contributed by atoms with Crippen LogP contribution in [0.15, 0.2) is 24.3 Å². The number of thiocarbonyl (C=S) groups is 1. The number of carbonyl (C=O) groups excluding carboxylic acids is 1. The van der Waals surface area contributed by atoms with Crippen LogP contribution in [0.3, 0.4) is 0 Å². The Morgan fingerprint density at radius 2 is 2.05 bits per heavy atom. The van der Waals surface area contributed by atoms with Gasteiger partial charge in [0, 0.05) is 13.1 Å². The lowest BCUT2D eigenvalue weighted by Crippen LogP contribution is -2.32. The van der Waals surface area contributed by atoms with E-state index < -0.39 is 0 Å². The molecule has 1 aliphatic rings. The van der Waals surface area contributed by atoms with E-state index in [0.29, 0.717) is 11.4 Å². The highest BCUT2D eigenvalue weighted by atomic mass is 32.1. The van der Waals surface area contributed by atoms with Crippen LogP contribution in [0.25, 0.3) is 0 Å². The van der Waals surface area contributed by atoms with Crippen LogP contribution < -0.4 is 15.8 Å². The van der Waals surface area contributed by atoms with Crippen molar-refractivity contribution in [1.29, 1.82) is 0 Å². The molecule has 1 aliphatic heterocycles. The third-order valence-electron chi connectivity index (χ3n) is 2.89. The number of para-hydroxylation sites is 2. The van der Waals surface area contributed by atoms with Crippen molar-refractivity contribution in [3.63, 3.8) is 0 Å². The molecule has 0 aromatic heterocycles. The highest BCUT2D eigenvalue weighted by Crippen LogP contribution is 2.24. The van der Waals surface area contributed by atoms with Gasteiger partial charge in [0.15, 0.2) is 0 Å². The number of nitrogens with two attached hydrogens (primary N) is 1. The van der Waals surface area contributed by atoms with E-state index in [1.807, 2.05) is 12.1 Å². The van der Waals surface area contributed by atoms with Crippen LogP contribution in [0.1, 0.15) is 12.8 Å². The minimum atomic E-state index is -0.0936. The first-order chi connectivity index (χ1) is 9.16. The SMILES string of the molecule is NC(=S)COc1ccccc1NC(=O)N1CCCC1.